The highest BCUT2D eigenvalue weighted by atomic mass is 16.6. The second kappa shape index (κ2) is 70.8. The SMILES string of the molecule is CC/C=C\C/C=C\C/C=C\C/C=C\CCCCCCC(=O)OC(COC(=O)CCCCCCCCC/C=C\CCCCCCCC)COC(=O)CCCCCCCCCCCCCCCCCC/C=C\C/C=C\C/C=C\CCCCCCC. The van der Waals surface area contributed by atoms with Crippen molar-refractivity contribution in [1.29, 1.82) is 0 Å². The molecule has 0 aromatic heterocycles. The van der Waals surface area contributed by atoms with Crippen LogP contribution < -0.4 is 0 Å². The minimum absolute atomic E-state index is 0.0868. The van der Waals surface area contributed by atoms with E-state index >= 15 is 0 Å². The Morgan fingerprint density at radius 2 is 0.470 bits per heavy atom. The summed E-state index contributed by atoms with van der Waals surface area (Å²) in [5.41, 5.74) is 0. The molecule has 83 heavy (non-hydrogen) atoms. The summed E-state index contributed by atoms with van der Waals surface area (Å²) in [4.78, 5) is 38.4. The van der Waals surface area contributed by atoms with Crippen molar-refractivity contribution in [2.45, 2.75) is 361 Å². The molecule has 0 saturated carbocycles. The van der Waals surface area contributed by atoms with Crippen LogP contribution in [0.4, 0.5) is 0 Å². The molecule has 0 aliphatic rings. The third kappa shape index (κ3) is 69.0. The van der Waals surface area contributed by atoms with Gasteiger partial charge in [0.1, 0.15) is 13.2 Å². The maximum Gasteiger partial charge on any atom is 0.306 e. The molecule has 0 aliphatic heterocycles. The quantitative estimate of drug-likeness (QED) is 0.0261. The van der Waals surface area contributed by atoms with Gasteiger partial charge in [0.15, 0.2) is 6.10 Å². The zero-order valence-corrected chi connectivity index (χ0v) is 54.9. The standard InChI is InChI=1S/C77H134O6/c1-4-7-10-13-16-19-22-25-28-31-32-33-34-35-36-37-38-39-40-41-42-43-44-47-49-52-55-58-61-64-67-70-76(79)82-73-74(83-77(80)71-68-65-62-59-56-53-50-46-30-27-24-21-18-15-12-9-6-3)72-81-75(78)69-66-63-60-57-54-51-48-45-29-26-23-20-17-14-11-8-5-2/h9,12,18,21-22,25-27,29-32,34-35,50,53,74H,4-8,10-11,13-17,19-20,23-24,28,33,36-49,51-52,54-73H2,1-3H3/b12-9-,21-18-,25-22-,29-26-,30-27-,32-31-,35-34-,53-50-. The number of carbonyl (C=O) groups excluding carboxylic acids is 3. The summed E-state index contributed by atoms with van der Waals surface area (Å²) in [6.07, 6.45) is 95.8. The highest BCUT2D eigenvalue weighted by Crippen LogP contribution is 2.17. The van der Waals surface area contributed by atoms with Crippen LogP contribution in [-0.4, -0.2) is 37.2 Å². The molecule has 0 bridgehead atoms. The van der Waals surface area contributed by atoms with Crippen LogP contribution in [0.5, 0.6) is 0 Å². The van der Waals surface area contributed by atoms with Gasteiger partial charge in [0.05, 0.1) is 0 Å². The van der Waals surface area contributed by atoms with Gasteiger partial charge in [0.2, 0.25) is 0 Å². The number of rotatable bonds is 65. The number of unbranched alkanes of at least 4 members (excludes halogenated alkanes) is 38. The summed E-state index contributed by atoms with van der Waals surface area (Å²) in [7, 11) is 0. The van der Waals surface area contributed by atoms with Crippen molar-refractivity contribution in [2.75, 3.05) is 13.2 Å². The van der Waals surface area contributed by atoms with Gasteiger partial charge in [0.25, 0.3) is 0 Å². The van der Waals surface area contributed by atoms with Crippen molar-refractivity contribution in [3.8, 4) is 0 Å². The number of allylic oxidation sites excluding steroid dienone is 16. The van der Waals surface area contributed by atoms with Crippen LogP contribution in [0.3, 0.4) is 0 Å². The lowest BCUT2D eigenvalue weighted by Crippen LogP contribution is -2.30. The normalized spacial score (nSPS) is 12.7. The van der Waals surface area contributed by atoms with E-state index in [0.29, 0.717) is 19.3 Å². The van der Waals surface area contributed by atoms with E-state index in [1.165, 1.54) is 205 Å². The average molecular weight is 1160 g/mol. The van der Waals surface area contributed by atoms with E-state index in [1.54, 1.807) is 0 Å². The number of ether oxygens (including phenoxy) is 3. The summed E-state index contributed by atoms with van der Waals surface area (Å²) in [5.74, 6) is -0.900. The Kier molecular flexibility index (Phi) is 67.7. The van der Waals surface area contributed by atoms with Crippen LogP contribution in [0.25, 0.3) is 0 Å². The third-order valence-corrected chi connectivity index (χ3v) is 15.5. The molecule has 0 aromatic carbocycles. The van der Waals surface area contributed by atoms with Crippen molar-refractivity contribution in [2.24, 2.45) is 0 Å². The zero-order valence-electron chi connectivity index (χ0n) is 54.9. The molecule has 0 heterocycles. The minimum atomic E-state index is -0.794. The van der Waals surface area contributed by atoms with Gasteiger partial charge in [-0.25, -0.2) is 0 Å². The molecule has 0 N–H and O–H groups in total. The first kappa shape index (κ1) is 79.3. The Morgan fingerprint density at radius 1 is 0.253 bits per heavy atom. The first-order valence-electron chi connectivity index (χ1n) is 35.7. The summed E-state index contributed by atoms with van der Waals surface area (Å²) in [5, 5.41) is 0. The van der Waals surface area contributed by atoms with Gasteiger partial charge < -0.3 is 14.2 Å². The summed E-state index contributed by atoms with van der Waals surface area (Å²) in [6, 6.07) is 0. The van der Waals surface area contributed by atoms with Gasteiger partial charge in [-0.15, -0.1) is 0 Å². The first-order chi connectivity index (χ1) is 41.0. The van der Waals surface area contributed by atoms with Crippen molar-refractivity contribution in [1.82, 2.24) is 0 Å². The highest BCUT2D eigenvalue weighted by molar-refractivity contribution is 5.71. The number of hydrogen-bond acceptors (Lipinski definition) is 6. The predicted octanol–water partition coefficient (Wildman–Crippen LogP) is 24.8. The number of hydrogen-bond donors (Lipinski definition) is 0. The van der Waals surface area contributed by atoms with Crippen molar-refractivity contribution < 1.29 is 28.6 Å². The zero-order chi connectivity index (χ0) is 59.9. The van der Waals surface area contributed by atoms with Gasteiger partial charge in [-0.1, -0.05) is 311 Å². The number of esters is 3. The van der Waals surface area contributed by atoms with Crippen LogP contribution in [-0.2, 0) is 28.6 Å². The largest absolute Gasteiger partial charge is 0.462 e. The smallest absolute Gasteiger partial charge is 0.306 e. The highest BCUT2D eigenvalue weighted by Gasteiger charge is 2.19. The van der Waals surface area contributed by atoms with E-state index in [-0.39, 0.29) is 31.1 Å². The number of carbonyl (C=O) groups is 3. The van der Waals surface area contributed by atoms with Gasteiger partial charge in [-0.2, -0.15) is 0 Å². The molecule has 0 rings (SSSR count). The first-order valence-corrected chi connectivity index (χ1v) is 35.7. The molecule has 0 saturated heterocycles. The summed E-state index contributed by atoms with van der Waals surface area (Å²) in [6.45, 7) is 6.53. The Bertz CT molecular complexity index is 1610. The van der Waals surface area contributed by atoms with Crippen LogP contribution in [0.1, 0.15) is 355 Å². The maximum atomic E-state index is 12.9. The summed E-state index contributed by atoms with van der Waals surface area (Å²) < 4.78 is 17.0. The fourth-order valence-electron chi connectivity index (χ4n) is 10.2. The lowest BCUT2D eigenvalue weighted by molar-refractivity contribution is -0.167. The van der Waals surface area contributed by atoms with Gasteiger partial charge in [0, 0.05) is 19.3 Å². The molecular formula is C77H134O6. The van der Waals surface area contributed by atoms with E-state index in [4.69, 9.17) is 14.2 Å². The predicted molar refractivity (Wildman–Crippen MR) is 362 cm³/mol. The fraction of sp³-hybridized carbons (Fsp3) is 0.753. The second-order valence-corrected chi connectivity index (χ2v) is 23.8. The van der Waals surface area contributed by atoms with E-state index < -0.39 is 6.10 Å². The minimum Gasteiger partial charge on any atom is -0.462 e. The molecule has 0 amide bonds. The topological polar surface area (TPSA) is 78.9 Å². The third-order valence-electron chi connectivity index (χ3n) is 15.5. The maximum absolute atomic E-state index is 12.9. The molecule has 0 aliphatic carbocycles. The lowest BCUT2D eigenvalue weighted by Gasteiger charge is -2.18. The molecule has 478 valence electrons. The molecule has 0 radical (unpaired) electrons. The van der Waals surface area contributed by atoms with E-state index in [9.17, 15) is 14.4 Å². The monoisotopic (exact) mass is 1160 g/mol. The second-order valence-electron chi connectivity index (χ2n) is 23.8. The molecule has 0 spiro atoms. The van der Waals surface area contributed by atoms with Gasteiger partial charge in [-0.05, 0) is 122 Å². The van der Waals surface area contributed by atoms with Crippen molar-refractivity contribution in [3.05, 3.63) is 97.2 Å². The molecule has 6 heteroatoms. The van der Waals surface area contributed by atoms with Crippen LogP contribution in [0.15, 0.2) is 97.2 Å². The van der Waals surface area contributed by atoms with E-state index in [1.807, 2.05) is 0 Å². The molecule has 1 atom stereocenters. The van der Waals surface area contributed by atoms with Crippen LogP contribution in [0, 0.1) is 0 Å². The Morgan fingerprint density at radius 3 is 0.747 bits per heavy atom. The van der Waals surface area contributed by atoms with Crippen molar-refractivity contribution in [3.63, 3.8) is 0 Å². The molecule has 6 nitrogen and oxygen atoms in total. The van der Waals surface area contributed by atoms with Crippen molar-refractivity contribution >= 4 is 17.9 Å². The molecule has 0 aromatic rings. The Balaban J connectivity index is 4.27. The van der Waals surface area contributed by atoms with Crippen LogP contribution in [0.2, 0.25) is 0 Å². The van der Waals surface area contributed by atoms with E-state index in [2.05, 4.69) is 118 Å². The Hall–Kier alpha value is -3.67. The average Bonchev–Trinajstić information content (AvgIpc) is 3.50. The van der Waals surface area contributed by atoms with Gasteiger partial charge >= 0.3 is 17.9 Å². The lowest BCUT2D eigenvalue weighted by atomic mass is 10.0. The summed E-state index contributed by atoms with van der Waals surface area (Å²) >= 11 is 0. The van der Waals surface area contributed by atoms with Gasteiger partial charge in [-0.3, -0.25) is 14.4 Å². The molecule has 1 unspecified atom stereocenters. The van der Waals surface area contributed by atoms with Crippen LogP contribution >= 0.6 is 0 Å². The molecule has 0 fully saturated rings. The van der Waals surface area contributed by atoms with E-state index in [0.717, 1.165) is 109 Å². The Labute approximate surface area is 515 Å². The fourth-order valence-corrected chi connectivity index (χ4v) is 10.2. The molecular weight excluding hydrogens is 1020 g/mol.